The first-order valence-electron chi connectivity index (χ1n) is 10.4. The van der Waals surface area contributed by atoms with Gasteiger partial charge in [0.15, 0.2) is 5.82 Å². The minimum absolute atomic E-state index is 0.172. The van der Waals surface area contributed by atoms with Crippen molar-refractivity contribution in [1.82, 2.24) is 15.0 Å². The van der Waals surface area contributed by atoms with E-state index in [0.717, 1.165) is 29.4 Å². The molecule has 1 aliphatic rings. The number of aromatic amines is 1. The molecular formula is C25H23N3O3. The molecule has 0 bridgehead atoms. The number of nitrogens with one attached hydrogen (secondary N) is 1. The first-order valence-corrected chi connectivity index (χ1v) is 10.4. The van der Waals surface area contributed by atoms with Crippen molar-refractivity contribution in [3.63, 3.8) is 0 Å². The Bertz CT molecular complexity index is 1210. The Hall–Kier alpha value is -3.51. The number of benzene rings is 2. The molecule has 156 valence electrons. The van der Waals surface area contributed by atoms with Gasteiger partial charge in [-0.25, -0.2) is 9.97 Å². The Kier molecular flexibility index (Phi) is 4.79. The molecule has 2 N–H and O–H groups in total. The van der Waals surface area contributed by atoms with Crippen molar-refractivity contribution in [3.05, 3.63) is 83.8 Å². The van der Waals surface area contributed by atoms with E-state index in [1.54, 1.807) is 30.5 Å². The third-order valence-corrected chi connectivity index (χ3v) is 5.89. The van der Waals surface area contributed by atoms with Crippen LogP contribution in [-0.2, 0) is 0 Å². The highest BCUT2D eigenvalue weighted by molar-refractivity contribution is 6.08. The molecule has 6 heteroatoms. The van der Waals surface area contributed by atoms with Gasteiger partial charge in [0.2, 0.25) is 11.7 Å². The summed E-state index contributed by atoms with van der Waals surface area (Å²) in [7, 11) is 0. The lowest BCUT2D eigenvalue weighted by atomic mass is 9.96. The first kappa shape index (κ1) is 19.5. The topological polar surface area (TPSA) is 88.1 Å². The zero-order chi connectivity index (χ0) is 21.4. The van der Waals surface area contributed by atoms with Crippen LogP contribution in [0.3, 0.4) is 0 Å². The Morgan fingerprint density at radius 3 is 2.68 bits per heavy atom. The summed E-state index contributed by atoms with van der Waals surface area (Å²) >= 11 is 0. The van der Waals surface area contributed by atoms with Crippen LogP contribution >= 0.6 is 0 Å². The maximum absolute atomic E-state index is 12.8. The Morgan fingerprint density at radius 1 is 1.13 bits per heavy atom. The Balaban J connectivity index is 1.35. The molecule has 2 aromatic heterocycles. The third-order valence-electron chi connectivity index (χ3n) is 5.89. The molecule has 2 atom stereocenters. The number of aromatic nitrogens is 3. The van der Waals surface area contributed by atoms with E-state index in [1.165, 1.54) is 0 Å². The van der Waals surface area contributed by atoms with Gasteiger partial charge in [0.05, 0.1) is 16.6 Å². The summed E-state index contributed by atoms with van der Waals surface area (Å²) < 4.78 is 6.05. The molecule has 1 saturated carbocycles. The molecule has 4 aromatic rings. The van der Waals surface area contributed by atoms with Crippen LogP contribution in [0.2, 0.25) is 0 Å². The van der Waals surface area contributed by atoms with E-state index in [2.05, 4.69) is 15.0 Å². The van der Waals surface area contributed by atoms with Gasteiger partial charge in [-0.1, -0.05) is 18.2 Å². The largest absolute Gasteiger partial charge is 0.439 e. The fourth-order valence-corrected chi connectivity index (χ4v) is 4.27. The molecule has 1 fully saturated rings. The normalized spacial score (nSPS) is 20.8. The van der Waals surface area contributed by atoms with Gasteiger partial charge in [-0.2, -0.15) is 0 Å². The van der Waals surface area contributed by atoms with E-state index < -0.39 is 5.60 Å². The van der Waals surface area contributed by atoms with Crippen molar-refractivity contribution in [2.75, 3.05) is 0 Å². The van der Waals surface area contributed by atoms with Crippen LogP contribution in [0.1, 0.15) is 53.8 Å². The molecule has 0 radical (unpaired) electrons. The lowest BCUT2D eigenvalue weighted by Gasteiger charge is -2.18. The maximum Gasteiger partial charge on any atom is 0.228 e. The van der Waals surface area contributed by atoms with Gasteiger partial charge in [-0.05, 0) is 74.6 Å². The molecule has 0 unspecified atom stereocenters. The molecule has 0 saturated heterocycles. The standard InChI is InChI=1S/C25H23N3O3/c1-25(30)13-12-17(15-25)19-5-4-14-26-24(19)31-18-10-8-16(9-11-18)22(29)23-27-20-6-2-3-7-21(20)28-23/h2-11,14,17,30H,12-13,15H2,1H3,(H,27,28)/t17-,25+/m0/s1. The highest BCUT2D eigenvalue weighted by Gasteiger charge is 2.35. The number of para-hydroxylation sites is 2. The number of ketones is 1. The monoisotopic (exact) mass is 413 g/mol. The number of hydrogen-bond acceptors (Lipinski definition) is 5. The molecule has 1 aliphatic carbocycles. The van der Waals surface area contributed by atoms with Gasteiger partial charge in [0, 0.05) is 17.3 Å². The molecule has 0 aliphatic heterocycles. The number of pyridine rings is 1. The molecule has 0 spiro atoms. The van der Waals surface area contributed by atoms with Crippen LogP contribution in [0.5, 0.6) is 11.6 Å². The summed E-state index contributed by atoms with van der Waals surface area (Å²) in [6.45, 7) is 1.88. The first-order chi connectivity index (χ1) is 15.0. The lowest BCUT2D eigenvalue weighted by Crippen LogP contribution is -2.18. The van der Waals surface area contributed by atoms with Crippen LogP contribution in [0.4, 0.5) is 0 Å². The second kappa shape index (κ2) is 7.63. The van der Waals surface area contributed by atoms with E-state index in [-0.39, 0.29) is 11.7 Å². The highest BCUT2D eigenvalue weighted by atomic mass is 16.5. The Labute approximate surface area is 179 Å². The number of H-pyrrole nitrogens is 1. The second-order valence-electron chi connectivity index (χ2n) is 8.39. The van der Waals surface area contributed by atoms with Gasteiger partial charge in [0.25, 0.3) is 0 Å². The zero-order valence-corrected chi connectivity index (χ0v) is 17.2. The van der Waals surface area contributed by atoms with Crippen LogP contribution in [0, 0.1) is 0 Å². The molecule has 2 aromatic carbocycles. The Morgan fingerprint density at radius 2 is 1.94 bits per heavy atom. The number of hydrogen-bond donors (Lipinski definition) is 2. The van der Waals surface area contributed by atoms with Gasteiger partial charge in [0.1, 0.15) is 5.75 Å². The maximum atomic E-state index is 12.8. The fraction of sp³-hybridized carbons (Fsp3) is 0.240. The zero-order valence-electron chi connectivity index (χ0n) is 17.2. The van der Waals surface area contributed by atoms with Crippen LogP contribution < -0.4 is 4.74 Å². The van der Waals surface area contributed by atoms with Crippen molar-refractivity contribution in [2.45, 2.75) is 37.7 Å². The quantitative estimate of drug-likeness (QED) is 0.450. The van der Waals surface area contributed by atoms with E-state index >= 15 is 0 Å². The lowest BCUT2D eigenvalue weighted by molar-refractivity contribution is 0.0664. The fourth-order valence-electron chi connectivity index (χ4n) is 4.27. The molecule has 2 heterocycles. The van der Waals surface area contributed by atoms with E-state index in [9.17, 15) is 9.90 Å². The van der Waals surface area contributed by atoms with Gasteiger partial charge < -0.3 is 14.8 Å². The van der Waals surface area contributed by atoms with E-state index in [1.807, 2.05) is 43.3 Å². The number of rotatable bonds is 5. The highest BCUT2D eigenvalue weighted by Crippen LogP contribution is 2.43. The summed E-state index contributed by atoms with van der Waals surface area (Å²) in [6, 6.07) is 18.4. The van der Waals surface area contributed by atoms with Crippen LogP contribution in [0.25, 0.3) is 11.0 Å². The SMILES string of the molecule is C[C@@]1(O)CC[C@H](c2cccnc2Oc2ccc(C(=O)c3nc4ccccc4[nH]3)cc2)C1. The third kappa shape index (κ3) is 3.94. The van der Waals surface area contributed by atoms with Gasteiger partial charge in [-0.15, -0.1) is 0 Å². The van der Waals surface area contributed by atoms with Crippen LogP contribution in [0.15, 0.2) is 66.9 Å². The molecule has 6 nitrogen and oxygen atoms in total. The minimum Gasteiger partial charge on any atom is -0.439 e. The number of fused-ring (bicyclic) bond motifs is 1. The summed E-state index contributed by atoms with van der Waals surface area (Å²) in [4.78, 5) is 24.7. The van der Waals surface area contributed by atoms with E-state index in [4.69, 9.17) is 4.74 Å². The van der Waals surface area contributed by atoms with Crippen molar-refractivity contribution < 1.29 is 14.6 Å². The molecule has 5 rings (SSSR count). The smallest absolute Gasteiger partial charge is 0.228 e. The average Bonchev–Trinajstić information content (AvgIpc) is 3.37. The number of carbonyl (C=O) groups is 1. The van der Waals surface area contributed by atoms with Crippen molar-refractivity contribution in [2.24, 2.45) is 0 Å². The summed E-state index contributed by atoms with van der Waals surface area (Å²) in [5.41, 5.74) is 2.48. The second-order valence-corrected chi connectivity index (χ2v) is 8.39. The minimum atomic E-state index is -0.642. The number of nitrogens with zero attached hydrogens (tertiary/aromatic N) is 2. The summed E-state index contributed by atoms with van der Waals surface area (Å²) in [5.74, 6) is 1.50. The van der Waals surface area contributed by atoms with Crippen molar-refractivity contribution in [3.8, 4) is 11.6 Å². The number of ether oxygens (including phenoxy) is 1. The van der Waals surface area contributed by atoms with Crippen molar-refractivity contribution >= 4 is 16.8 Å². The van der Waals surface area contributed by atoms with Gasteiger partial charge >= 0.3 is 0 Å². The number of carbonyl (C=O) groups excluding carboxylic acids is 1. The summed E-state index contributed by atoms with van der Waals surface area (Å²) in [5, 5.41) is 10.3. The average molecular weight is 413 g/mol. The predicted molar refractivity (Wildman–Crippen MR) is 117 cm³/mol. The molecule has 0 amide bonds. The van der Waals surface area contributed by atoms with Crippen molar-refractivity contribution in [1.29, 1.82) is 0 Å². The molecular weight excluding hydrogens is 390 g/mol. The molecule has 31 heavy (non-hydrogen) atoms. The van der Waals surface area contributed by atoms with E-state index in [0.29, 0.717) is 29.4 Å². The van der Waals surface area contributed by atoms with Gasteiger partial charge in [-0.3, -0.25) is 4.79 Å². The summed E-state index contributed by atoms with van der Waals surface area (Å²) in [6.07, 6.45) is 4.07. The predicted octanol–water partition coefficient (Wildman–Crippen LogP) is 5.00. The number of imidazole rings is 1. The number of aliphatic hydroxyl groups is 1. The van der Waals surface area contributed by atoms with Crippen LogP contribution in [-0.4, -0.2) is 31.4 Å².